The highest BCUT2D eigenvalue weighted by atomic mass is 16.2. The van der Waals surface area contributed by atoms with Gasteiger partial charge in [0.15, 0.2) is 0 Å². The zero-order valence-corrected chi connectivity index (χ0v) is 11.7. The van der Waals surface area contributed by atoms with E-state index in [1.54, 1.807) is 30.5 Å². The number of rotatable bonds is 3. The standard InChI is InChI=1S/C17H16N2O2/c1-13(16-6-2-3-11-18-16)19-17(21)15-9-7-14(8-10-15)5-4-12-20/h2-3,6-11,13,20H,12H2,1H3,(H,19,21). The molecule has 0 radical (unpaired) electrons. The first-order valence-electron chi connectivity index (χ1n) is 6.62. The number of aliphatic hydroxyl groups excluding tert-OH is 1. The van der Waals surface area contributed by atoms with Crippen LogP contribution in [0, 0.1) is 11.8 Å². The first-order valence-corrected chi connectivity index (χ1v) is 6.62. The summed E-state index contributed by atoms with van der Waals surface area (Å²) < 4.78 is 0. The summed E-state index contributed by atoms with van der Waals surface area (Å²) in [4.78, 5) is 16.4. The van der Waals surface area contributed by atoms with Crippen molar-refractivity contribution in [1.82, 2.24) is 10.3 Å². The van der Waals surface area contributed by atoms with E-state index in [2.05, 4.69) is 22.1 Å². The molecule has 0 saturated heterocycles. The van der Waals surface area contributed by atoms with Crippen molar-refractivity contribution in [1.29, 1.82) is 0 Å². The largest absolute Gasteiger partial charge is 0.384 e. The Labute approximate surface area is 123 Å². The predicted octanol–water partition coefficient (Wildman–Crippen LogP) is 1.92. The van der Waals surface area contributed by atoms with Crippen LogP contribution in [0.5, 0.6) is 0 Å². The second-order valence-electron chi connectivity index (χ2n) is 4.49. The highest BCUT2D eigenvalue weighted by Gasteiger charge is 2.11. The van der Waals surface area contributed by atoms with Gasteiger partial charge in [0.25, 0.3) is 5.91 Å². The Morgan fingerprint density at radius 3 is 2.67 bits per heavy atom. The molecule has 0 aliphatic carbocycles. The van der Waals surface area contributed by atoms with Gasteiger partial charge in [-0.1, -0.05) is 17.9 Å². The van der Waals surface area contributed by atoms with Crippen LogP contribution in [0.4, 0.5) is 0 Å². The van der Waals surface area contributed by atoms with E-state index in [0.29, 0.717) is 5.56 Å². The summed E-state index contributed by atoms with van der Waals surface area (Å²) in [7, 11) is 0. The molecule has 0 aliphatic heterocycles. The Hall–Kier alpha value is -2.64. The number of aliphatic hydroxyl groups is 1. The molecule has 21 heavy (non-hydrogen) atoms. The number of benzene rings is 1. The molecular formula is C17H16N2O2. The summed E-state index contributed by atoms with van der Waals surface area (Å²) in [6.45, 7) is 1.71. The van der Waals surface area contributed by atoms with E-state index in [-0.39, 0.29) is 18.6 Å². The topological polar surface area (TPSA) is 62.2 Å². The van der Waals surface area contributed by atoms with E-state index in [1.807, 2.05) is 25.1 Å². The summed E-state index contributed by atoms with van der Waals surface area (Å²) in [6, 6.07) is 12.4. The van der Waals surface area contributed by atoms with Gasteiger partial charge in [0.05, 0.1) is 11.7 Å². The van der Waals surface area contributed by atoms with Crippen LogP contribution in [0.2, 0.25) is 0 Å². The summed E-state index contributed by atoms with van der Waals surface area (Å²) in [6.07, 6.45) is 1.70. The van der Waals surface area contributed by atoms with Gasteiger partial charge >= 0.3 is 0 Å². The summed E-state index contributed by atoms with van der Waals surface area (Å²) in [5.74, 6) is 5.19. The second kappa shape index (κ2) is 7.22. The summed E-state index contributed by atoms with van der Waals surface area (Å²) in [5, 5.41) is 11.5. The van der Waals surface area contributed by atoms with Crippen LogP contribution in [0.3, 0.4) is 0 Å². The van der Waals surface area contributed by atoms with E-state index < -0.39 is 0 Å². The molecule has 2 N–H and O–H groups in total. The molecule has 1 aromatic heterocycles. The lowest BCUT2D eigenvalue weighted by Gasteiger charge is -2.13. The molecule has 0 bridgehead atoms. The third kappa shape index (κ3) is 4.16. The molecule has 0 saturated carbocycles. The van der Waals surface area contributed by atoms with Crippen molar-refractivity contribution in [3.05, 3.63) is 65.5 Å². The Morgan fingerprint density at radius 2 is 2.05 bits per heavy atom. The van der Waals surface area contributed by atoms with Gasteiger partial charge in [-0.3, -0.25) is 9.78 Å². The highest BCUT2D eigenvalue weighted by Crippen LogP contribution is 2.10. The quantitative estimate of drug-likeness (QED) is 0.844. The third-order valence-electron chi connectivity index (χ3n) is 2.94. The number of aromatic nitrogens is 1. The van der Waals surface area contributed by atoms with Crippen molar-refractivity contribution in [2.45, 2.75) is 13.0 Å². The van der Waals surface area contributed by atoms with Crippen molar-refractivity contribution < 1.29 is 9.90 Å². The van der Waals surface area contributed by atoms with Crippen LogP contribution in [0.15, 0.2) is 48.7 Å². The van der Waals surface area contributed by atoms with E-state index in [4.69, 9.17) is 5.11 Å². The van der Waals surface area contributed by atoms with Crippen molar-refractivity contribution in [3.8, 4) is 11.8 Å². The lowest BCUT2D eigenvalue weighted by Crippen LogP contribution is -2.27. The number of carbonyl (C=O) groups excluding carboxylic acids is 1. The van der Waals surface area contributed by atoms with Crippen molar-refractivity contribution >= 4 is 5.91 Å². The fourth-order valence-corrected chi connectivity index (χ4v) is 1.83. The van der Waals surface area contributed by atoms with Gasteiger partial charge in [-0.15, -0.1) is 0 Å². The molecule has 2 rings (SSSR count). The molecule has 1 unspecified atom stereocenters. The Morgan fingerprint density at radius 1 is 1.29 bits per heavy atom. The van der Waals surface area contributed by atoms with Gasteiger partial charge in [-0.2, -0.15) is 0 Å². The Bertz CT molecular complexity index is 655. The number of hydrogen-bond acceptors (Lipinski definition) is 3. The monoisotopic (exact) mass is 280 g/mol. The molecular weight excluding hydrogens is 264 g/mol. The van der Waals surface area contributed by atoms with E-state index in [0.717, 1.165) is 11.3 Å². The lowest BCUT2D eigenvalue weighted by atomic mass is 10.1. The lowest BCUT2D eigenvalue weighted by molar-refractivity contribution is 0.0939. The molecule has 0 spiro atoms. The second-order valence-corrected chi connectivity index (χ2v) is 4.49. The fraction of sp³-hybridized carbons (Fsp3) is 0.176. The van der Waals surface area contributed by atoms with Crippen molar-refractivity contribution in [2.24, 2.45) is 0 Å². The SMILES string of the molecule is CC(NC(=O)c1ccc(C#CCO)cc1)c1ccccn1. The molecule has 2 aromatic rings. The number of amides is 1. The summed E-state index contributed by atoms with van der Waals surface area (Å²) in [5.41, 5.74) is 2.14. The molecule has 106 valence electrons. The van der Waals surface area contributed by atoms with Crippen molar-refractivity contribution in [3.63, 3.8) is 0 Å². The van der Waals surface area contributed by atoms with Crippen LogP contribution in [-0.4, -0.2) is 22.6 Å². The molecule has 0 fully saturated rings. The first-order chi connectivity index (χ1) is 10.2. The fourth-order valence-electron chi connectivity index (χ4n) is 1.83. The molecule has 1 atom stereocenters. The molecule has 0 aliphatic rings. The van der Waals surface area contributed by atoms with Crippen LogP contribution < -0.4 is 5.32 Å². The number of carbonyl (C=O) groups is 1. The minimum atomic E-state index is -0.177. The third-order valence-corrected chi connectivity index (χ3v) is 2.94. The Balaban J connectivity index is 2.03. The normalized spacial score (nSPS) is 11.1. The minimum Gasteiger partial charge on any atom is -0.384 e. The average molecular weight is 280 g/mol. The van der Waals surface area contributed by atoms with Gasteiger partial charge in [0.1, 0.15) is 6.61 Å². The van der Waals surface area contributed by atoms with Gasteiger partial charge in [-0.05, 0) is 43.3 Å². The van der Waals surface area contributed by atoms with Crippen LogP contribution in [-0.2, 0) is 0 Å². The molecule has 1 amide bonds. The maximum absolute atomic E-state index is 12.1. The predicted molar refractivity (Wildman–Crippen MR) is 80.5 cm³/mol. The molecule has 4 nitrogen and oxygen atoms in total. The minimum absolute atomic E-state index is 0.158. The van der Waals surface area contributed by atoms with E-state index in [1.165, 1.54) is 0 Å². The average Bonchev–Trinajstić information content (AvgIpc) is 2.54. The van der Waals surface area contributed by atoms with Crippen LogP contribution in [0.25, 0.3) is 0 Å². The number of nitrogens with one attached hydrogen (secondary N) is 1. The van der Waals surface area contributed by atoms with Crippen LogP contribution >= 0.6 is 0 Å². The van der Waals surface area contributed by atoms with Gasteiger partial charge < -0.3 is 10.4 Å². The highest BCUT2D eigenvalue weighted by molar-refractivity contribution is 5.94. The van der Waals surface area contributed by atoms with E-state index >= 15 is 0 Å². The number of pyridine rings is 1. The van der Waals surface area contributed by atoms with Crippen molar-refractivity contribution in [2.75, 3.05) is 6.61 Å². The number of nitrogens with zero attached hydrogens (tertiary/aromatic N) is 1. The van der Waals surface area contributed by atoms with Gasteiger partial charge in [0.2, 0.25) is 0 Å². The Kier molecular flexibility index (Phi) is 5.08. The smallest absolute Gasteiger partial charge is 0.251 e. The maximum atomic E-state index is 12.1. The summed E-state index contributed by atoms with van der Waals surface area (Å²) >= 11 is 0. The number of hydrogen-bond donors (Lipinski definition) is 2. The van der Waals surface area contributed by atoms with Crippen LogP contribution in [0.1, 0.15) is 34.6 Å². The molecule has 4 heteroatoms. The van der Waals surface area contributed by atoms with Gasteiger partial charge in [0, 0.05) is 17.3 Å². The van der Waals surface area contributed by atoms with E-state index in [9.17, 15) is 4.79 Å². The zero-order chi connectivity index (χ0) is 15.1. The molecule has 1 heterocycles. The maximum Gasteiger partial charge on any atom is 0.251 e. The zero-order valence-electron chi connectivity index (χ0n) is 11.7. The first kappa shape index (κ1) is 14.8. The van der Waals surface area contributed by atoms with Gasteiger partial charge in [-0.25, -0.2) is 0 Å². The molecule has 1 aromatic carbocycles.